The number of carbonyl (C=O) groups is 2. The van der Waals surface area contributed by atoms with Crippen molar-refractivity contribution in [2.75, 3.05) is 23.9 Å². The van der Waals surface area contributed by atoms with Crippen molar-refractivity contribution >= 4 is 29.3 Å². The lowest BCUT2D eigenvalue weighted by molar-refractivity contribution is -0.138. The highest BCUT2D eigenvalue weighted by Gasteiger charge is 2.31. The zero-order valence-electron chi connectivity index (χ0n) is 19.3. The number of carbonyl (C=O) groups excluding carboxylic acids is 1. The topological polar surface area (TPSA) is 75.6 Å². The van der Waals surface area contributed by atoms with Crippen LogP contribution in [0.15, 0.2) is 18.2 Å². The molecule has 5 nitrogen and oxygen atoms in total. The lowest BCUT2D eigenvalue weighted by Crippen LogP contribution is -2.14. The zero-order chi connectivity index (χ0) is 24.5. The number of nitrogens with one attached hydrogen (secondary N) is 1. The second kappa shape index (κ2) is 16.7. The summed E-state index contributed by atoms with van der Waals surface area (Å²) in [6, 6.07) is 2.89. The molecule has 2 N–H and O–H groups in total. The smallest absolute Gasteiger partial charge is 0.416 e. The fraction of sp³-hybridized carbons (Fsp3) is 0.667. The molecule has 9 heteroatoms. The van der Waals surface area contributed by atoms with Crippen LogP contribution in [0.4, 0.5) is 18.9 Å². The SMILES string of the molecule is CSCCCCCCCCCCCC(=O)Nc1ccc(C(F)(F)F)cc1OCCCC(=O)O. The highest BCUT2D eigenvalue weighted by Crippen LogP contribution is 2.35. The number of benzene rings is 1. The fourth-order valence-electron chi connectivity index (χ4n) is 3.31. The van der Waals surface area contributed by atoms with Gasteiger partial charge in [0.2, 0.25) is 5.91 Å². The summed E-state index contributed by atoms with van der Waals surface area (Å²) in [5, 5.41) is 11.3. The van der Waals surface area contributed by atoms with E-state index in [1.807, 2.05) is 11.8 Å². The Morgan fingerprint density at radius 3 is 2.12 bits per heavy atom. The monoisotopic (exact) mass is 491 g/mol. The first-order valence-electron chi connectivity index (χ1n) is 11.6. The number of amides is 1. The Balaban J connectivity index is 2.39. The molecule has 1 aromatic carbocycles. The number of rotatable bonds is 18. The molecular weight excluding hydrogens is 455 g/mol. The van der Waals surface area contributed by atoms with Crippen molar-refractivity contribution in [1.82, 2.24) is 0 Å². The first-order valence-corrected chi connectivity index (χ1v) is 13.0. The Bertz CT molecular complexity index is 713. The first-order chi connectivity index (χ1) is 15.7. The molecule has 0 spiro atoms. The average Bonchev–Trinajstić information content (AvgIpc) is 2.75. The van der Waals surface area contributed by atoms with Gasteiger partial charge in [0, 0.05) is 12.8 Å². The number of unbranched alkanes of at least 4 members (excludes halogenated alkanes) is 8. The van der Waals surface area contributed by atoms with Crippen LogP contribution in [-0.4, -0.2) is 35.6 Å². The maximum atomic E-state index is 13.0. The first kappa shape index (κ1) is 29.1. The van der Waals surface area contributed by atoms with Crippen molar-refractivity contribution in [3.05, 3.63) is 23.8 Å². The van der Waals surface area contributed by atoms with Gasteiger partial charge in [-0.1, -0.05) is 44.9 Å². The summed E-state index contributed by atoms with van der Waals surface area (Å²) in [6.45, 7) is -0.0615. The molecule has 0 unspecified atom stereocenters. The Labute approximate surface area is 198 Å². The molecule has 1 aromatic rings. The molecule has 0 saturated carbocycles. The van der Waals surface area contributed by atoms with Crippen LogP contribution in [-0.2, 0) is 15.8 Å². The molecule has 0 aliphatic rings. The van der Waals surface area contributed by atoms with Gasteiger partial charge in [0.1, 0.15) is 5.75 Å². The van der Waals surface area contributed by atoms with Gasteiger partial charge >= 0.3 is 12.1 Å². The van der Waals surface area contributed by atoms with Gasteiger partial charge in [-0.05, 0) is 49.5 Å². The van der Waals surface area contributed by atoms with E-state index in [1.165, 1.54) is 43.9 Å². The van der Waals surface area contributed by atoms with Gasteiger partial charge in [0.25, 0.3) is 0 Å². The van der Waals surface area contributed by atoms with Crippen LogP contribution < -0.4 is 10.1 Å². The van der Waals surface area contributed by atoms with E-state index in [0.717, 1.165) is 37.8 Å². The Kier molecular flexibility index (Phi) is 14.7. The molecule has 1 amide bonds. The third kappa shape index (κ3) is 14.1. The number of aliphatic carboxylic acids is 1. The number of alkyl halides is 3. The molecular formula is C24H36F3NO4S. The van der Waals surface area contributed by atoms with Crippen LogP contribution in [0.5, 0.6) is 5.75 Å². The van der Waals surface area contributed by atoms with Gasteiger partial charge in [-0.2, -0.15) is 24.9 Å². The van der Waals surface area contributed by atoms with E-state index in [2.05, 4.69) is 11.6 Å². The number of thioether (sulfide) groups is 1. The summed E-state index contributed by atoms with van der Waals surface area (Å²) in [7, 11) is 0. The highest BCUT2D eigenvalue weighted by molar-refractivity contribution is 7.98. The van der Waals surface area contributed by atoms with Crippen LogP contribution in [0.2, 0.25) is 0 Å². The van der Waals surface area contributed by atoms with Gasteiger partial charge in [-0.3, -0.25) is 9.59 Å². The van der Waals surface area contributed by atoms with Crippen molar-refractivity contribution in [1.29, 1.82) is 0 Å². The molecule has 0 heterocycles. The summed E-state index contributed by atoms with van der Waals surface area (Å²) in [5.41, 5.74) is -0.734. The van der Waals surface area contributed by atoms with E-state index in [4.69, 9.17) is 9.84 Å². The van der Waals surface area contributed by atoms with E-state index in [-0.39, 0.29) is 43.2 Å². The minimum Gasteiger partial charge on any atom is -0.491 e. The van der Waals surface area contributed by atoms with Crippen molar-refractivity contribution in [3.8, 4) is 5.75 Å². The Hall–Kier alpha value is -1.90. The summed E-state index contributed by atoms with van der Waals surface area (Å²) in [6.07, 6.45) is 8.03. The standard InChI is InChI=1S/C24H36F3NO4S/c1-33-17-10-8-6-4-2-3-5-7-9-12-22(29)28-20-15-14-19(24(25,26)27)18-21(20)32-16-11-13-23(30)31/h14-15,18H,2-13,16-17H2,1H3,(H,28,29)(H,30,31). The van der Waals surface area contributed by atoms with Crippen molar-refractivity contribution < 1.29 is 32.6 Å². The lowest BCUT2D eigenvalue weighted by atomic mass is 10.1. The third-order valence-electron chi connectivity index (χ3n) is 5.13. The number of anilines is 1. The molecule has 0 atom stereocenters. The van der Waals surface area contributed by atoms with Crippen LogP contribution >= 0.6 is 11.8 Å². The molecule has 0 aliphatic carbocycles. The summed E-state index contributed by atoms with van der Waals surface area (Å²) in [5.74, 6) is -0.172. The predicted molar refractivity (Wildman–Crippen MR) is 127 cm³/mol. The summed E-state index contributed by atoms with van der Waals surface area (Å²) >= 11 is 1.88. The quantitative estimate of drug-likeness (QED) is 0.213. The normalized spacial score (nSPS) is 11.4. The van der Waals surface area contributed by atoms with Crippen molar-refractivity contribution in [3.63, 3.8) is 0 Å². The second-order valence-electron chi connectivity index (χ2n) is 8.03. The number of ether oxygens (including phenoxy) is 1. The van der Waals surface area contributed by atoms with Gasteiger partial charge < -0.3 is 15.2 Å². The molecule has 0 radical (unpaired) electrons. The number of carboxylic acid groups (broad SMARTS) is 1. The Morgan fingerprint density at radius 2 is 1.55 bits per heavy atom. The lowest BCUT2D eigenvalue weighted by Gasteiger charge is -2.15. The Morgan fingerprint density at radius 1 is 0.939 bits per heavy atom. The van der Waals surface area contributed by atoms with Crippen LogP contribution in [0, 0.1) is 0 Å². The molecule has 0 aliphatic heterocycles. The number of carboxylic acids is 1. The van der Waals surface area contributed by atoms with Crippen LogP contribution in [0.25, 0.3) is 0 Å². The van der Waals surface area contributed by atoms with Gasteiger partial charge in [0.05, 0.1) is 17.9 Å². The second-order valence-corrected chi connectivity index (χ2v) is 9.01. The van der Waals surface area contributed by atoms with Crippen molar-refractivity contribution in [2.24, 2.45) is 0 Å². The molecule has 0 bridgehead atoms. The molecule has 1 rings (SSSR count). The van der Waals surface area contributed by atoms with Gasteiger partial charge in [-0.25, -0.2) is 0 Å². The number of hydrogen-bond donors (Lipinski definition) is 2. The number of hydrogen-bond acceptors (Lipinski definition) is 4. The summed E-state index contributed by atoms with van der Waals surface area (Å²) < 4.78 is 44.4. The van der Waals surface area contributed by atoms with Gasteiger partial charge in [0.15, 0.2) is 0 Å². The van der Waals surface area contributed by atoms with E-state index < -0.39 is 17.7 Å². The predicted octanol–water partition coefficient (Wildman–Crippen LogP) is 7.15. The maximum absolute atomic E-state index is 13.0. The molecule has 188 valence electrons. The number of halogens is 3. The van der Waals surface area contributed by atoms with E-state index in [1.54, 1.807) is 0 Å². The van der Waals surface area contributed by atoms with E-state index >= 15 is 0 Å². The highest BCUT2D eigenvalue weighted by atomic mass is 32.2. The van der Waals surface area contributed by atoms with Gasteiger partial charge in [-0.15, -0.1) is 0 Å². The minimum atomic E-state index is -4.55. The van der Waals surface area contributed by atoms with Crippen LogP contribution in [0.3, 0.4) is 0 Å². The largest absolute Gasteiger partial charge is 0.491 e. The third-order valence-corrected chi connectivity index (χ3v) is 5.82. The molecule has 0 aromatic heterocycles. The van der Waals surface area contributed by atoms with E-state index in [0.29, 0.717) is 0 Å². The van der Waals surface area contributed by atoms with Crippen molar-refractivity contribution in [2.45, 2.75) is 83.2 Å². The maximum Gasteiger partial charge on any atom is 0.416 e. The van der Waals surface area contributed by atoms with E-state index in [9.17, 15) is 22.8 Å². The summed E-state index contributed by atoms with van der Waals surface area (Å²) in [4.78, 5) is 22.9. The zero-order valence-corrected chi connectivity index (χ0v) is 20.2. The fourth-order valence-corrected chi connectivity index (χ4v) is 3.80. The average molecular weight is 492 g/mol. The van der Waals surface area contributed by atoms with Crippen LogP contribution in [0.1, 0.15) is 82.6 Å². The minimum absolute atomic E-state index is 0.0615. The molecule has 33 heavy (non-hydrogen) atoms. The molecule has 0 saturated heterocycles. The molecule has 0 fully saturated rings.